The van der Waals surface area contributed by atoms with Crippen LogP contribution in [0, 0.1) is 49.9 Å². The first-order chi connectivity index (χ1) is 65.1. The van der Waals surface area contributed by atoms with E-state index in [4.69, 9.17) is 51.9 Å². The molecular formula is C103H79Cl2F5N20O5. The lowest BCUT2D eigenvalue weighted by Crippen LogP contribution is -2.19. The van der Waals surface area contributed by atoms with E-state index in [1.807, 2.05) is 152 Å². The van der Waals surface area contributed by atoms with Crippen LogP contribution in [0.5, 0.6) is 0 Å². The van der Waals surface area contributed by atoms with Gasteiger partial charge < -0.3 is 28.7 Å². The monoisotopic (exact) mass is 1840 g/mol. The third-order valence-electron chi connectivity index (χ3n) is 21.8. The van der Waals surface area contributed by atoms with Crippen LogP contribution in [0.3, 0.4) is 0 Å². The fourth-order valence-corrected chi connectivity index (χ4v) is 15.8. The lowest BCUT2D eigenvalue weighted by molar-refractivity contribution is -0.119. The van der Waals surface area contributed by atoms with Gasteiger partial charge in [-0.2, -0.15) is 25.5 Å². The molecule has 0 aliphatic carbocycles. The highest BCUT2D eigenvalue weighted by molar-refractivity contribution is 6.31. The van der Waals surface area contributed by atoms with Gasteiger partial charge in [0.1, 0.15) is 61.8 Å². The minimum absolute atomic E-state index is 0.000417. The molecule has 0 saturated carbocycles. The number of nitrogens with two attached hydrogens (primary N) is 5. The van der Waals surface area contributed by atoms with E-state index >= 15 is 0 Å². The Morgan fingerprint density at radius 1 is 0.281 bits per heavy atom. The van der Waals surface area contributed by atoms with Crippen LogP contribution in [-0.4, -0.2) is 103 Å². The molecule has 5 amide bonds. The van der Waals surface area contributed by atoms with Crippen LogP contribution in [0.4, 0.5) is 22.0 Å². The van der Waals surface area contributed by atoms with Crippen molar-refractivity contribution in [2.75, 3.05) is 0 Å². The second kappa shape index (κ2) is 40.1. The van der Waals surface area contributed by atoms with E-state index in [0.717, 1.165) is 149 Å². The Labute approximate surface area is 776 Å². The van der Waals surface area contributed by atoms with E-state index < -0.39 is 41.2 Å². The summed E-state index contributed by atoms with van der Waals surface area (Å²) < 4.78 is 75.7. The molecule has 0 saturated heterocycles. The average Bonchev–Trinajstić information content (AvgIpc) is 1.74. The quantitative estimate of drug-likeness (QED) is 0.0443. The van der Waals surface area contributed by atoms with E-state index in [9.17, 15) is 45.9 Å². The molecule has 0 unspecified atom stereocenters. The number of carbonyl (C=O) groups excluding carboxylic acids is 5. The standard InChI is InChI=1S/3C21H17FN4O.2C20H14ClFN4O/c1-13-9-15(4-6-18(13)22)21-17(3-2-8-24-21)14-5-7-19-16(10-14)11-26(25-19)12-20(23)27;1-13-9-15(6-7-18(13)22)21-17(3-2-8-24-21)14-4-5-16-11-26(12-20(23)27)25-19(16)10-14;1-13-9-15(6-7-18(13)22)21-17(3-2-8-24-21)14-4-5-16-11-25-26(12-20(23)27)19(16)10-14;21-16-8-13(5-6-17(16)22)20-15(2-1-7-24-20)12-3-4-14-10-26(11-19(23)27)25-18(14)9-12;21-16-8-13(5-6-17(16)22)20-15(2-1-7-24-20)12-3-4-14-10-25-26(11-19(23)27)18(14)9-12/h3*2-11H,12H2,1H3,(H2,23,27);2*1-10H,11H2,(H2,23,27). The van der Waals surface area contributed by atoms with Crippen molar-refractivity contribution in [1.29, 1.82) is 0 Å². The predicted molar refractivity (Wildman–Crippen MR) is 512 cm³/mol. The third-order valence-corrected chi connectivity index (χ3v) is 22.4. The van der Waals surface area contributed by atoms with Crippen molar-refractivity contribution in [2.24, 2.45) is 28.7 Å². The van der Waals surface area contributed by atoms with E-state index in [1.54, 1.807) is 153 Å². The van der Waals surface area contributed by atoms with Gasteiger partial charge in [0.15, 0.2) is 0 Å². The molecule has 0 fully saturated rings. The molecule has 0 atom stereocenters. The molecule has 0 spiro atoms. The first-order valence-corrected chi connectivity index (χ1v) is 42.6. The normalized spacial score (nSPS) is 11.0. The van der Waals surface area contributed by atoms with Gasteiger partial charge in [0.05, 0.1) is 78.5 Å². The van der Waals surface area contributed by atoms with E-state index in [0.29, 0.717) is 33.6 Å². The summed E-state index contributed by atoms with van der Waals surface area (Å²) in [5.41, 5.74) is 48.7. The maximum absolute atomic E-state index is 13.7. The van der Waals surface area contributed by atoms with E-state index in [2.05, 4.69) is 50.4 Å². The summed E-state index contributed by atoms with van der Waals surface area (Å²) in [5, 5.41) is 26.2. The van der Waals surface area contributed by atoms with Crippen LogP contribution in [0.15, 0.2) is 305 Å². The van der Waals surface area contributed by atoms with Crippen molar-refractivity contribution < 1.29 is 45.9 Å². The largest absolute Gasteiger partial charge is 0.368 e. The van der Waals surface area contributed by atoms with E-state index in [1.165, 1.54) is 44.4 Å². The molecule has 0 bridgehead atoms. The minimum atomic E-state index is -0.477. The number of hydrogen-bond acceptors (Lipinski definition) is 15. The molecule has 10 aromatic carbocycles. The number of benzene rings is 10. The maximum Gasteiger partial charge on any atom is 0.239 e. The van der Waals surface area contributed by atoms with Gasteiger partial charge in [0, 0.05) is 132 Å². The second-order valence-electron chi connectivity index (χ2n) is 31.4. The number of amides is 5. The summed E-state index contributed by atoms with van der Waals surface area (Å²) in [4.78, 5) is 78.3. The van der Waals surface area contributed by atoms with Gasteiger partial charge in [-0.05, 0) is 223 Å². The molecule has 20 rings (SSSR count). The minimum Gasteiger partial charge on any atom is -0.368 e. The molecular weight excluding hydrogens is 1760 g/mol. The molecule has 25 nitrogen and oxygen atoms in total. The molecule has 0 radical (unpaired) electrons. The van der Waals surface area contributed by atoms with Crippen LogP contribution in [0.2, 0.25) is 10.0 Å². The maximum atomic E-state index is 13.7. The number of primary amides is 5. The molecule has 0 aliphatic heterocycles. The van der Waals surface area contributed by atoms with Crippen LogP contribution in [0.1, 0.15) is 16.7 Å². The van der Waals surface area contributed by atoms with Gasteiger partial charge in [-0.3, -0.25) is 72.3 Å². The Morgan fingerprint density at radius 3 is 0.859 bits per heavy atom. The smallest absolute Gasteiger partial charge is 0.239 e. The van der Waals surface area contributed by atoms with Crippen molar-refractivity contribution in [2.45, 2.75) is 53.5 Å². The molecule has 20 aromatic rings. The van der Waals surface area contributed by atoms with Gasteiger partial charge in [-0.25, -0.2) is 22.0 Å². The van der Waals surface area contributed by atoms with Crippen molar-refractivity contribution in [3.05, 3.63) is 360 Å². The molecule has 10 N–H and O–H groups in total. The Kier molecular flexibility index (Phi) is 27.1. The third kappa shape index (κ3) is 21.2. The molecule has 10 aromatic heterocycles. The van der Waals surface area contributed by atoms with Crippen molar-refractivity contribution in [1.82, 2.24) is 73.8 Å². The highest BCUT2D eigenvalue weighted by Gasteiger charge is 2.21. The lowest BCUT2D eigenvalue weighted by Gasteiger charge is -2.11. The number of fused-ring (bicyclic) bond motifs is 5. The molecule has 670 valence electrons. The van der Waals surface area contributed by atoms with Gasteiger partial charge >= 0.3 is 0 Å². The SMILES string of the molecule is Cc1cc(-c2ncccc2-c2ccc3cn(CC(N)=O)nc3c2)ccc1F.Cc1cc(-c2ncccc2-c2ccc3cnn(CC(N)=O)c3c2)ccc1F.Cc1cc(-c2ncccc2-c2ccc3nn(CC(N)=O)cc3c2)ccc1F.NC(=O)Cn1cc2ccc(-c3cccnc3-c3ccc(F)c(Cl)c3)cc2n1.NC(=O)Cn1ncc2ccc(-c3cccnc3-c3ccc(F)c(Cl)c3)cc21. The fraction of sp³-hybridized carbons (Fsp3) is 0.0777. The first-order valence-electron chi connectivity index (χ1n) is 41.8. The molecule has 10 heterocycles. The van der Waals surface area contributed by atoms with Gasteiger partial charge in [0.2, 0.25) is 29.5 Å². The number of aryl methyl sites for hydroxylation is 3. The van der Waals surface area contributed by atoms with Crippen molar-refractivity contribution in [3.63, 3.8) is 0 Å². The van der Waals surface area contributed by atoms with Crippen LogP contribution >= 0.6 is 23.2 Å². The zero-order chi connectivity index (χ0) is 94.8. The lowest BCUT2D eigenvalue weighted by atomic mass is 9.97. The average molecular weight is 1840 g/mol. The van der Waals surface area contributed by atoms with E-state index in [-0.39, 0.29) is 60.2 Å². The Morgan fingerprint density at radius 2 is 0.548 bits per heavy atom. The van der Waals surface area contributed by atoms with Crippen LogP contribution in [0.25, 0.3) is 166 Å². The summed E-state index contributed by atoms with van der Waals surface area (Å²) in [6.45, 7) is 5.32. The highest BCUT2D eigenvalue weighted by atomic mass is 35.5. The number of carbonyl (C=O) groups is 5. The number of halogens is 7. The summed E-state index contributed by atoms with van der Waals surface area (Å²) in [5.74, 6) is -3.92. The number of rotatable bonds is 20. The number of nitrogens with zero attached hydrogens (tertiary/aromatic N) is 15. The first kappa shape index (κ1) is 91.2. The summed E-state index contributed by atoms with van der Waals surface area (Å²) in [7, 11) is 0. The highest BCUT2D eigenvalue weighted by Crippen LogP contribution is 2.40. The zero-order valence-corrected chi connectivity index (χ0v) is 73.7. The molecule has 135 heavy (non-hydrogen) atoms. The number of aromatic nitrogens is 15. The predicted octanol–water partition coefficient (Wildman–Crippen LogP) is 19.2. The van der Waals surface area contributed by atoms with Crippen molar-refractivity contribution >= 4 is 107 Å². The van der Waals surface area contributed by atoms with Gasteiger partial charge in [-0.15, -0.1) is 0 Å². The van der Waals surface area contributed by atoms with Crippen LogP contribution in [-0.2, 0) is 56.7 Å². The number of hydrogen-bond donors (Lipinski definition) is 5. The Hall–Kier alpha value is -17.1. The zero-order valence-electron chi connectivity index (χ0n) is 72.2. The molecule has 0 aliphatic rings. The van der Waals surface area contributed by atoms with Crippen molar-refractivity contribution in [3.8, 4) is 112 Å². The number of pyridine rings is 5. The fourth-order valence-electron chi connectivity index (χ4n) is 15.5. The summed E-state index contributed by atoms with van der Waals surface area (Å²) in [6.07, 6.45) is 17.3. The summed E-state index contributed by atoms with van der Waals surface area (Å²) in [6, 6.07) is 72.2. The van der Waals surface area contributed by atoms with Crippen LogP contribution < -0.4 is 28.7 Å². The Balaban J connectivity index is 0.000000123. The van der Waals surface area contributed by atoms with Gasteiger partial charge in [0.25, 0.3) is 0 Å². The Bertz CT molecular complexity index is 7350. The topological polar surface area (TPSA) is 369 Å². The summed E-state index contributed by atoms with van der Waals surface area (Å²) >= 11 is 11.9. The second-order valence-corrected chi connectivity index (χ2v) is 32.2. The van der Waals surface area contributed by atoms with Gasteiger partial charge in [-0.1, -0.05) is 108 Å². The molecule has 32 heteroatoms.